The minimum absolute atomic E-state index is 0.411. The molecule has 0 aliphatic heterocycles. The lowest BCUT2D eigenvalue weighted by molar-refractivity contribution is 0.355. The van der Waals surface area contributed by atoms with Gasteiger partial charge in [-0.05, 0) is 23.4 Å². The second-order valence-electron chi connectivity index (χ2n) is 4.57. The molecule has 0 unspecified atom stereocenters. The van der Waals surface area contributed by atoms with E-state index >= 15 is 0 Å². The van der Waals surface area contributed by atoms with Crippen molar-refractivity contribution in [3.05, 3.63) is 30.2 Å². The number of aromatic nitrogens is 7. The Balaban J connectivity index is 1.84. The predicted octanol–water partition coefficient (Wildman–Crippen LogP) is 0.534. The van der Waals surface area contributed by atoms with Crippen LogP contribution in [0.5, 0.6) is 11.5 Å². The number of nitrogens with zero attached hydrogens (tertiary/aromatic N) is 7. The average molecular weight is 301 g/mol. The highest BCUT2D eigenvalue weighted by molar-refractivity contribution is 5.63. The molecule has 22 heavy (non-hydrogen) atoms. The third kappa shape index (κ3) is 2.73. The molecule has 0 N–H and O–H groups in total. The first-order valence-electron chi connectivity index (χ1n) is 6.55. The summed E-state index contributed by atoms with van der Waals surface area (Å²) < 4.78 is 12.2. The highest BCUT2D eigenvalue weighted by atomic mass is 16.5. The third-order valence-corrected chi connectivity index (χ3v) is 3.07. The molecule has 0 amide bonds. The first kappa shape index (κ1) is 14.0. The fourth-order valence-electron chi connectivity index (χ4n) is 2.04. The number of methoxy groups -OCH3 is 2. The SMILES string of the molecule is COc1ccc(-c2cn(Cc3nnn(C)n3)nn2)cc1OC. The van der Waals surface area contributed by atoms with E-state index in [0.29, 0.717) is 23.9 Å². The molecule has 0 saturated carbocycles. The van der Waals surface area contributed by atoms with Crippen LogP contribution in [0.2, 0.25) is 0 Å². The summed E-state index contributed by atoms with van der Waals surface area (Å²) in [4.78, 5) is 1.40. The number of hydrogen-bond acceptors (Lipinski definition) is 7. The van der Waals surface area contributed by atoms with Crippen LogP contribution >= 0.6 is 0 Å². The largest absolute Gasteiger partial charge is 0.493 e. The van der Waals surface area contributed by atoms with Gasteiger partial charge in [-0.1, -0.05) is 5.21 Å². The maximum Gasteiger partial charge on any atom is 0.196 e. The zero-order valence-electron chi connectivity index (χ0n) is 12.5. The number of hydrogen-bond donors (Lipinski definition) is 0. The average Bonchev–Trinajstić information content (AvgIpc) is 3.16. The van der Waals surface area contributed by atoms with Crippen LogP contribution in [0.1, 0.15) is 5.82 Å². The van der Waals surface area contributed by atoms with E-state index in [1.54, 1.807) is 25.9 Å². The molecule has 2 aromatic heterocycles. The van der Waals surface area contributed by atoms with Gasteiger partial charge in [0.05, 0.1) is 27.5 Å². The van der Waals surface area contributed by atoms with Crippen molar-refractivity contribution >= 4 is 0 Å². The molecule has 0 fully saturated rings. The van der Waals surface area contributed by atoms with E-state index in [2.05, 4.69) is 25.7 Å². The fourth-order valence-corrected chi connectivity index (χ4v) is 2.04. The number of ether oxygens (including phenoxy) is 2. The Kier molecular flexibility index (Phi) is 3.69. The van der Waals surface area contributed by atoms with Crippen LogP contribution in [0.25, 0.3) is 11.3 Å². The molecule has 114 valence electrons. The summed E-state index contributed by atoms with van der Waals surface area (Å²) in [6.07, 6.45) is 1.82. The number of benzene rings is 1. The molecule has 3 rings (SSSR count). The molecule has 0 atom stereocenters. The van der Waals surface area contributed by atoms with Crippen molar-refractivity contribution in [1.29, 1.82) is 0 Å². The van der Waals surface area contributed by atoms with Crippen molar-refractivity contribution < 1.29 is 9.47 Å². The highest BCUT2D eigenvalue weighted by Gasteiger charge is 2.10. The molecule has 2 heterocycles. The van der Waals surface area contributed by atoms with Crippen LogP contribution < -0.4 is 9.47 Å². The van der Waals surface area contributed by atoms with E-state index in [-0.39, 0.29) is 0 Å². The van der Waals surface area contributed by atoms with E-state index in [1.807, 2.05) is 24.4 Å². The van der Waals surface area contributed by atoms with Crippen molar-refractivity contribution in [2.75, 3.05) is 14.2 Å². The lowest BCUT2D eigenvalue weighted by atomic mass is 10.1. The minimum atomic E-state index is 0.411. The smallest absolute Gasteiger partial charge is 0.196 e. The molecule has 0 saturated heterocycles. The summed E-state index contributed by atoms with van der Waals surface area (Å²) in [5, 5.41) is 20.0. The van der Waals surface area contributed by atoms with Gasteiger partial charge in [-0.3, -0.25) is 0 Å². The van der Waals surface area contributed by atoms with E-state index in [9.17, 15) is 0 Å². The molecule has 0 radical (unpaired) electrons. The Hall–Kier alpha value is -2.97. The Morgan fingerprint density at radius 2 is 1.86 bits per heavy atom. The molecular formula is C13H15N7O2. The maximum absolute atomic E-state index is 5.29. The van der Waals surface area contributed by atoms with Gasteiger partial charge < -0.3 is 9.47 Å². The van der Waals surface area contributed by atoms with Crippen LogP contribution in [0, 0.1) is 0 Å². The molecule has 1 aromatic carbocycles. The van der Waals surface area contributed by atoms with Gasteiger partial charge in [0, 0.05) is 5.56 Å². The second-order valence-corrected chi connectivity index (χ2v) is 4.57. The van der Waals surface area contributed by atoms with E-state index < -0.39 is 0 Å². The van der Waals surface area contributed by atoms with Crippen molar-refractivity contribution in [2.24, 2.45) is 7.05 Å². The van der Waals surface area contributed by atoms with Crippen molar-refractivity contribution in [3.8, 4) is 22.8 Å². The maximum atomic E-state index is 5.29. The van der Waals surface area contributed by atoms with Crippen molar-refractivity contribution in [2.45, 2.75) is 6.54 Å². The molecule has 0 aliphatic carbocycles. The predicted molar refractivity (Wildman–Crippen MR) is 76.5 cm³/mol. The van der Waals surface area contributed by atoms with Gasteiger partial charge in [-0.15, -0.1) is 15.3 Å². The van der Waals surface area contributed by atoms with Crippen LogP contribution in [-0.2, 0) is 13.6 Å². The van der Waals surface area contributed by atoms with Crippen LogP contribution in [0.15, 0.2) is 24.4 Å². The molecule has 0 aliphatic rings. The summed E-state index contributed by atoms with van der Waals surface area (Å²) in [7, 11) is 4.91. The Morgan fingerprint density at radius 3 is 2.55 bits per heavy atom. The number of tetrazole rings is 1. The minimum Gasteiger partial charge on any atom is -0.493 e. The van der Waals surface area contributed by atoms with Crippen molar-refractivity contribution in [1.82, 2.24) is 35.2 Å². The Morgan fingerprint density at radius 1 is 1.05 bits per heavy atom. The summed E-state index contributed by atoms with van der Waals surface area (Å²) in [5.41, 5.74) is 1.61. The summed E-state index contributed by atoms with van der Waals surface area (Å²) >= 11 is 0. The van der Waals surface area contributed by atoms with Gasteiger partial charge in [0.1, 0.15) is 12.2 Å². The molecule has 9 nitrogen and oxygen atoms in total. The Bertz CT molecular complexity index is 780. The first-order chi connectivity index (χ1) is 10.7. The van der Waals surface area contributed by atoms with Gasteiger partial charge in [0.25, 0.3) is 0 Å². The van der Waals surface area contributed by atoms with Gasteiger partial charge in [-0.2, -0.15) is 4.80 Å². The molecular weight excluding hydrogens is 286 g/mol. The van der Waals surface area contributed by atoms with Gasteiger partial charge in [-0.25, -0.2) is 4.68 Å². The van der Waals surface area contributed by atoms with E-state index in [1.165, 1.54) is 4.80 Å². The number of aryl methyl sites for hydroxylation is 1. The molecule has 3 aromatic rings. The quantitative estimate of drug-likeness (QED) is 0.678. The van der Waals surface area contributed by atoms with Gasteiger partial charge in [0.2, 0.25) is 0 Å². The van der Waals surface area contributed by atoms with E-state index in [4.69, 9.17) is 9.47 Å². The molecule has 0 bridgehead atoms. The van der Waals surface area contributed by atoms with Crippen LogP contribution in [0.3, 0.4) is 0 Å². The summed E-state index contributed by atoms with van der Waals surface area (Å²) in [5.74, 6) is 1.89. The normalized spacial score (nSPS) is 10.7. The topological polar surface area (TPSA) is 92.8 Å². The van der Waals surface area contributed by atoms with Crippen LogP contribution in [0.4, 0.5) is 0 Å². The van der Waals surface area contributed by atoms with Gasteiger partial charge in [0.15, 0.2) is 17.3 Å². The highest BCUT2D eigenvalue weighted by Crippen LogP contribution is 2.31. The lowest BCUT2D eigenvalue weighted by Gasteiger charge is -2.07. The van der Waals surface area contributed by atoms with Crippen LogP contribution in [-0.4, -0.2) is 49.4 Å². The molecule has 0 spiro atoms. The third-order valence-electron chi connectivity index (χ3n) is 3.07. The fraction of sp³-hybridized carbons (Fsp3) is 0.308. The van der Waals surface area contributed by atoms with Gasteiger partial charge >= 0.3 is 0 Å². The van der Waals surface area contributed by atoms with Crippen molar-refractivity contribution in [3.63, 3.8) is 0 Å². The lowest BCUT2D eigenvalue weighted by Crippen LogP contribution is -2.03. The van der Waals surface area contributed by atoms with E-state index in [0.717, 1.165) is 11.3 Å². The Labute approximate surface area is 126 Å². The standard InChI is InChI=1S/C13H15N7O2/c1-19-16-13(15-17-19)8-20-7-10(14-18-20)9-4-5-11(21-2)12(6-9)22-3/h4-7H,8H2,1-3H3. The zero-order valence-corrected chi connectivity index (χ0v) is 12.5. The summed E-state index contributed by atoms with van der Waals surface area (Å²) in [6, 6.07) is 5.58. The molecule has 9 heteroatoms. The zero-order chi connectivity index (χ0) is 15.5. The second kappa shape index (κ2) is 5.80. The number of rotatable bonds is 5. The monoisotopic (exact) mass is 301 g/mol. The summed E-state index contributed by atoms with van der Waals surface area (Å²) in [6.45, 7) is 0.411. The first-order valence-corrected chi connectivity index (χ1v) is 6.55.